The third-order valence-corrected chi connectivity index (χ3v) is 5.35. The number of thiophene rings is 1. The summed E-state index contributed by atoms with van der Waals surface area (Å²) in [5, 5.41) is 0. The minimum Gasteiger partial charge on any atom is -0.299 e. The highest BCUT2D eigenvalue weighted by Gasteiger charge is 2.28. The fourth-order valence-corrected chi connectivity index (χ4v) is 4.26. The van der Waals surface area contributed by atoms with Gasteiger partial charge in [0.1, 0.15) is 0 Å². The summed E-state index contributed by atoms with van der Waals surface area (Å²) in [6, 6.07) is 4.65. The summed E-state index contributed by atoms with van der Waals surface area (Å²) in [6.45, 7) is 5.79. The summed E-state index contributed by atoms with van der Waals surface area (Å²) in [4.78, 5) is 18.6. The molecule has 110 valence electrons. The van der Waals surface area contributed by atoms with Gasteiger partial charge >= 0.3 is 0 Å². The van der Waals surface area contributed by atoms with E-state index >= 15 is 0 Å². The van der Waals surface area contributed by atoms with Crippen molar-refractivity contribution in [3.63, 3.8) is 0 Å². The van der Waals surface area contributed by atoms with Crippen LogP contribution in [0.3, 0.4) is 0 Å². The van der Waals surface area contributed by atoms with E-state index in [1.54, 1.807) is 11.3 Å². The number of nitrogens with one attached hydrogen (secondary N) is 1. The number of hydrazine groups is 1. The van der Waals surface area contributed by atoms with Crippen molar-refractivity contribution in [1.29, 1.82) is 0 Å². The quantitative estimate of drug-likeness (QED) is 0.496. The Labute approximate surface area is 123 Å². The molecule has 1 aromatic heterocycles. The predicted molar refractivity (Wildman–Crippen MR) is 80.5 cm³/mol. The molecule has 2 fully saturated rings. The van der Waals surface area contributed by atoms with Crippen LogP contribution in [-0.2, 0) is 6.54 Å². The molecule has 1 amide bonds. The Morgan fingerprint density at radius 2 is 2.20 bits per heavy atom. The van der Waals surface area contributed by atoms with Crippen LogP contribution < -0.4 is 11.3 Å². The Morgan fingerprint density at radius 3 is 3.05 bits per heavy atom. The highest BCUT2D eigenvalue weighted by atomic mass is 32.1. The molecule has 2 saturated heterocycles. The van der Waals surface area contributed by atoms with Gasteiger partial charge in [0.05, 0.1) is 4.88 Å². The second-order valence-corrected chi connectivity index (χ2v) is 6.83. The molecule has 2 aliphatic rings. The summed E-state index contributed by atoms with van der Waals surface area (Å²) in [5.74, 6) is 4.97. The molecule has 3 rings (SSSR count). The van der Waals surface area contributed by atoms with Gasteiger partial charge in [0.25, 0.3) is 5.91 Å². The van der Waals surface area contributed by atoms with Gasteiger partial charge in [-0.05, 0) is 51.0 Å². The number of nitrogen functional groups attached to an aromatic ring is 1. The largest absolute Gasteiger partial charge is 0.299 e. The van der Waals surface area contributed by atoms with Gasteiger partial charge in [-0.15, -0.1) is 11.3 Å². The van der Waals surface area contributed by atoms with Crippen LogP contribution in [0.2, 0.25) is 0 Å². The Hall–Kier alpha value is -0.950. The first-order valence-electron chi connectivity index (χ1n) is 7.32. The van der Waals surface area contributed by atoms with Crippen LogP contribution in [0.4, 0.5) is 0 Å². The average molecular weight is 294 g/mol. The predicted octanol–water partition coefficient (Wildman–Crippen LogP) is 1.02. The van der Waals surface area contributed by atoms with Crippen molar-refractivity contribution in [3.8, 4) is 0 Å². The van der Waals surface area contributed by atoms with Crippen LogP contribution >= 0.6 is 11.3 Å². The van der Waals surface area contributed by atoms with Gasteiger partial charge in [0, 0.05) is 24.0 Å². The van der Waals surface area contributed by atoms with E-state index in [-0.39, 0.29) is 5.91 Å². The second kappa shape index (κ2) is 6.22. The van der Waals surface area contributed by atoms with E-state index in [0.717, 1.165) is 25.7 Å². The minimum absolute atomic E-state index is 0.195. The van der Waals surface area contributed by atoms with E-state index in [1.807, 2.05) is 12.1 Å². The molecule has 0 spiro atoms. The van der Waals surface area contributed by atoms with Crippen LogP contribution in [-0.4, -0.2) is 47.9 Å². The van der Waals surface area contributed by atoms with Crippen LogP contribution in [0, 0.1) is 0 Å². The van der Waals surface area contributed by atoms with Gasteiger partial charge in [-0.25, -0.2) is 5.84 Å². The lowest BCUT2D eigenvalue weighted by atomic mass is 10.2. The molecule has 1 atom stereocenters. The van der Waals surface area contributed by atoms with Gasteiger partial charge in [0.15, 0.2) is 0 Å². The van der Waals surface area contributed by atoms with E-state index in [0.29, 0.717) is 4.88 Å². The number of rotatable bonds is 3. The summed E-state index contributed by atoms with van der Waals surface area (Å²) in [5.41, 5.74) is 2.19. The molecule has 20 heavy (non-hydrogen) atoms. The van der Waals surface area contributed by atoms with Gasteiger partial charge in [0.2, 0.25) is 0 Å². The van der Waals surface area contributed by atoms with Crippen molar-refractivity contribution in [2.75, 3.05) is 26.2 Å². The number of carbonyl (C=O) groups is 1. The monoisotopic (exact) mass is 294 g/mol. The van der Waals surface area contributed by atoms with Crippen molar-refractivity contribution >= 4 is 17.2 Å². The molecule has 0 aliphatic carbocycles. The molecule has 5 nitrogen and oxygen atoms in total. The van der Waals surface area contributed by atoms with E-state index in [1.165, 1.54) is 37.2 Å². The van der Waals surface area contributed by atoms with Gasteiger partial charge in [-0.1, -0.05) is 0 Å². The molecule has 3 heterocycles. The first-order chi connectivity index (χ1) is 9.76. The van der Waals surface area contributed by atoms with E-state index in [2.05, 4.69) is 15.2 Å². The maximum atomic E-state index is 11.5. The Morgan fingerprint density at radius 1 is 1.35 bits per heavy atom. The fourth-order valence-electron chi connectivity index (χ4n) is 3.30. The minimum atomic E-state index is -0.195. The highest BCUT2D eigenvalue weighted by Crippen LogP contribution is 2.24. The number of hydrogen-bond donors (Lipinski definition) is 2. The first kappa shape index (κ1) is 14.0. The smallest absolute Gasteiger partial charge is 0.275 e. The summed E-state index contributed by atoms with van der Waals surface area (Å²) in [7, 11) is 0. The van der Waals surface area contributed by atoms with E-state index in [4.69, 9.17) is 5.84 Å². The second-order valence-electron chi connectivity index (χ2n) is 5.66. The lowest BCUT2D eigenvalue weighted by molar-refractivity contribution is 0.0957. The van der Waals surface area contributed by atoms with Crippen molar-refractivity contribution in [1.82, 2.24) is 15.2 Å². The van der Waals surface area contributed by atoms with Gasteiger partial charge in [-0.2, -0.15) is 0 Å². The third kappa shape index (κ3) is 3.03. The zero-order chi connectivity index (χ0) is 13.9. The number of carbonyl (C=O) groups excluding carboxylic acids is 1. The molecule has 6 heteroatoms. The van der Waals surface area contributed by atoms with Crippen LogP contribution in [0.25, 0.3) is 0 Å². The summed E-state index contributed by atoms with van der Waals surface area (Å²) >= 11 is 1.54. The zero-order valence-electron chi connectivity index (χ0n) is 11.7. The normalized spacial score (nSPS) is 24.4. The molecule has 2 aliphatic heterocycles. The number of nitrogens with two attached hydrogens (primary N) is 1. The lowest BCUT2D eigenvalue weighted by Gasteiger charge is -2.25. The summed E-state index contributed by atoms with van der Waals surface area (Å²) in [6.07, 6.45) is 3.93. The lowest BCUT2D eigenvalue weighted by Crippen LogP contribution is -2.36. The van der Waals surface area contributed by atoms with E-state index in [9.17, 15) is 4.79 Å². The number of amides is 1. The molecule has 0 aromatic carbocycles. The van der Waals surface area contributed by atoms with Gasteiger partial charge in [-0.3, -0.25) is 20.0 Å². The molecule has 3 N–H and O–H groups in total. The summed E-state index contributed by atoms with van der Waals surface area (Å²) < 4.78 is 0. The number of hydrogen-bond acceptors (Lipinski definition) is 5. The fraction of sp³-hybridized carbons (Fsp3) is 0.643. The van der Waals surface area contributed by atoms with Crippen LogP contribution in [0.1, 0.15) is 33.8 Å². The van der Waals surface area contributed by atoms with Crippen molar-refractivity contribution in [3.05, 3.63) is 21.9 Å². The standard InChI is InChI=1S/C14H22N4OS/c15-16-14(19)13-5-4-12(20-13)10-17-6-2-8-18-7-1-3-11(18)9-17/h4-5,11H,1-3,6-10,15H2,(H,16,19). The van der Waals surface area contributed by atoms with E-state index < -0.39 is 0 Å². The van der Waals surface area contributed by atoms with Crippen molar-refractivity contribution in [2.45, 2.75) is 31.8 Å². The molecular weight excluding hydrogens is 272 g/mol. The number of nitrogens with zero attached hydrogens (tertiary/aromatic N) is 2. The zero-order valence-corrected chi connectivity index (χ0v) is 12.5. The highest BCUT2D eigenvalue weighted by molar-refractivity contribution is 7.14. The SMILES string of the molecule is NNC(=O)c1ccc(CN2CCCN3CCCC3C2)s1. The Balaban J connectivity index is 1.62. The molecule has 0 bridgehead atoms. The van der Waals surface area contributed by atoms with Crippen LogP contribution in [0.5, 0.6) is 0 Å². The Bertz CT molecular complexity index is 475. The molecule has 1 unspecified atom stereocenters. The molecular formula is C14H22N4OS. The topological polar surface area (TPSA) is 61.6 Å². The Kier molecular flexibility index (Phi) is 4.35. The van der Waals surface area contributed by atoms with Crippen molar-refractivity contribution < 1.29 is 4.79 Å². The maximum absolute atomic E-state index is 11.5. The molecule has 0 radical (unpaired) electrons. The molecule has 1 aromatic rings. The van der Waals surface area contributed by atoms with Crippen molar-refractivity contribution in [2.24, 2.45) is 5.84 Å². The average Bonchev–Trinajstić information content (AvgIpc) is 3.04. The van der Waals surface area contributed by atoms with Gasteiger partial charge < -0.3 is 0 Å². The number of fused-ring (bicyclic) bond motifs is 1. The van der Waals surface area contributed by atoms with Crippen LogP contribution in [0.15, 0.2) is 12.1 Å². The molecule has 0 saturated carbocycles. The first-order valence-corrected chi connectivity index (χ1v) is 8.14. The maximum Gasteiger partial charge on any atom is 0.275 e. The third-order valence-electron chi connectivity index (χ3n) is 4.28.